The Hall–Kier alpha value is -2.06. The molecule has 92 valence electrons. The second-order valence-corrected chi connectivity index (χ2v) is 4.17. The van der Waals surface area contributed by atoms with Crippen molar-refractivity contribution < 1.29 is 0 Å². The van der Waals surface area contributed by atoms with Crippen molar-refractivity contribution in [2.75, 3.05) is 0 Å². The lowest BCUT2D eigenvalue weighted by Crippen LogP contribution is -1.97. The molecule has 0 saturated heterocycles. The smallest absolute Gasteiger partial charge is 0.130 e. The first kappa shape index (κ1) is 14.0. The van der Waals surface area contributed by atoms with Gasteiger partial charge in [0.05, 0.1) is 0 Å². The lowest BCUT2D eigenvalue weighted by molar-refractivity contribution is 1.03. The molecule has 0 aliphatic carbocycles. The van der Waals surface area contributed by atoms with Gasteiger partial charge in [-0.15, -0.1) is 0 Å². The molecule has 0 amide bonds. The first-order chi connectivity index (χ1) is 8.69. The van der Waals surface area contributed by atoms with E-state index in [2.05, 4.69) is 32.9 Å². The molecule has 0 atom stereocenters. The third-order valence-corrected chi connectivity index (χ3v) is 3.11. The van der Waals surface area contributed by atoms with E-state index in [1.807, 2.05) is 12.1 Å². The molecule has 0 heterocycles. The third kappa shape index (κ3) is 2.99. The summed E-state index contributed by atoms with van der Waals surface area (Å²) in [6.45, 7) is 6.34. The van der Waals surface area contributed by atoms with Crippen molar-refractivity contribution in [3.05, 3.63) is 40.0 Å². The Balaban J connectivity index is 3.47. The van der Waals surface area contributed by atoms with Crippen molar-refractivity contribution in [2.24, 2.45) is 0 Å². The van der Waals surface area contributed by atoms with Crippen LogP contribution < -0.4 is 0 Å². The molecule has 0 N–H and O–H groups in total. The lowest BCUT2D eigenvalue weighted by atomic mass is 9.92. The predicted octanol–water partition coefficient (Wildman–Crippen LogP) is 3.80. The number of benzene rings is 1. The van der Waals surface area contributed by atoms with Gasteiger partial charge in [-0.05, 0) is 47.6 Å². The molecular weight excluding hydrogens is 220 g/mol. The highest BCUT2D eigenvalue weighted by atomic mass is 14.3. The van der Waals surface area contributed by atoms with Crippen molar-refractivity contribution in [2.45, 2.75) is 40.0 Å². The summed E-state index contributed by atoms with van der Waals surface area (Å²) in [4.78, 5) is 0. The molecule has 2 nitrogen and oxygen atoms in total. The molecule has 0 unspecified atom stereocenters. The largest absolute Gasteiger partial charge is 0.192 e. The van der Waals surface area contributed by atoms with Gasteiger partial charge in [-0.25, -0.2) is 0 Å². The summed E-state index contributed by atoms with van der Waals surface area (Å²) in [6, 6.07) is 8.22. The van der Waals surface area contributed by atoms with Gasteiger partial charge in [-0.3, -0.25) is 0 Å². The number of rotatable bonds is 4. The Morgan fingerprint density at radius 1 is 1.00 bits per heavy atom. The zero-order chi connectivity index (χ0) is 13.5. The summed E-state index contributed by atoms with van der Waals surface area (Å²) in [5, 5.41) is 17.7. The van der Waals surface area contributed by atoms with Gasteiger partial charge in [0.15, 0.2) is 0 Å². The SMILES string of the molecule is CCc1cc(CC)c(C=C(C#N)C#N)c(CC)c1. The number of aryl methyl sites for hydroxylation is 3. The Labute approximate surface area is 109 Å². The number of hydrogen-bond acceptors (Lipinski definition) is 2. The first-order valence-corrected chi connectivity index (χ1v) is 6.36. The van der Waals surface area contributed by atoms with E-state index in [1.54, 1.807) is 6.08 Å². The van der Waals surface area contributed by atoms with Crippen LogP contribution >= 0.6 is 0 Å². The van der Waals surface area contributed by atoms with Gasteiger partial charge >= 0.3 is 0 Å². The molecule has 0 spiro atoms. The monoisotopic (exact) mass is 238 g/mol. The standard InChI is InChI=1S/C16H18N2/c1-4-12-7-14(5-2)16(15(6-3)8-12)9-13(10-17)11-18/h7-9H,4-6H2,1-3H3. The molecule has 0 radical (unpaired) electrons. The molecular formula is C16H18N2. The summed E-state index contributed by atoms with van der Waals surface area (Å²) in [5.41, 5.74) is 4.97. The van der Waals surface area contributed by atoms with Gasteiger partial charge < -0.3 is 0 Å². The summed E-state index contributed by atoms with van der Waals surface area (Å²) < 4.78 is 0. The maximum atomic E-state index is 8.87. The van der Waals surface area contributed by atoms with E-state index in [1.165, 1.54) is 16.7 Å². The molecule has 0 saturated carbocycles. The van der Waals surface area contributed by atoms with Gasteiger partial charge in [-0.2, -0.15) is 10.5 Å². The maximum absolute atomic E-state index is 8.87. The summed E-state index contributed by atoms with van der Waals surface area (Å²) >= 11 is 0. The van der Waals surface area contributed by atoms with Crippen LogP contribution in [0, 0.1) is 22.7 Å². The van der Waals surface area contributed by atoms with Crippen LogP contribution in [-0.2, 0) is 19.3 Å². The zero-order valence-corrected chi connectivity index (χ0v) is 11.2. The Morgan fingerprint density at radius 3 is 1.83 bits per heavy atom. The highest BCUT2D eigenvalue weighted by Gasteiger charge is 2.08. The van der Waals surface area contributed by atoms with E-state index in [4.69, 9.17) is 10.5 Å². The molecule has 1 aromatic carbocycles. The molecule has 1 aromatic rings. The minimum Gasteiger partial charge on any atom is -0.192 e. The van der Waals surface area contributed by atoms with E-state index >= 15 is 0 Å². The number of nitrogens with zero attached hydrogens (tertiary/aromatic N) is 2. The van der Waals surface area contributed by atoms with Crippen LogP contribution in [0.4, 0.5) is 0 Å². The van der Waals surface area contributed by atoms with E-state index in [9.17, 15) is 0 Å². The fourth-order valence-corrected chi connectivity index (χ4v) is 2.06. The van der Waals surface area contributed by atoms with Gasteiger partial charge in [0, 0.05) is 0 Å². The van der Waals surface area contributed by atoms with Crippen molar-refractivity contribution in [1.82, 2.24) is 0 Å². The van der Waals surface area contributed by atoms with E-state index in [-0.39, 0.29) is 5.57 Å². The number of allylic oxidation sites excluding steroid dienone is 1. The van der Waals surface area contributed by atoms with Gasteiger partial charge in [-0.1, -0.05) is 32.9 Å². The van der Waals surface area contributed by atoms with Crippen LogP contribution in [0.3, 0.4) is 0 Å². The molecule has 0 aliphatic rings. The average molecular weight is 238 g/mol. The number of nitriles is 2. The zero-order valence-electron chi connectivity index (χ0n) is 11.2. The molecule has 2 heteroatoms. The maximum Gasteiger partial charge on any atom is 0.130 e. The highest BCUT2D eigenvalue weighted by Crippen LogP contribution is 2.22. The van der Waals surface area contributed by atoms with Gasteiger partial charge in [0.25, 0.3) is 0 Å². The minimum absolute atomic E-state index is 0.170. The molecule has 0 fully saturated rings. The molecule has 1 rings (SSSR count). The average Bonchev–Trinajstić information content (AvgIpc) is 2.43. The van der Waals surface area contributed by atoms with E-state index < -0.39 is 0 Å². The van der Waals surface area contributed by atoms with Gasteiger partial charge in [0.2, 0.25) is 0 Å². The van der Waals surface area contributed by atoms with E-state index in [0.29, 0.717) is 0 Å². The minimum atomic E-state index is 0.170. The molecule has 0 bridgehead atoms. The predicted molar refractivity (Wildman–Crippen MR) is 73.8 cm³/mol. The summed E-state index contributed by atoms with van der Waals surface area (Å²) in [7, 11) is 0. The van der Waals surface area contributed by atoms with Crippen LogP contribution in [-0.4, -0.2) is 0 Å². The molecule has 0 aliphatic heterocycles. The van der Waals surface area contributed by atoms with Crippen molar-refractivity contribution in [3.63, 3.8) is 0 Å². The van der Waals surface area contributed by atoms with Crippen molar-refractivity contribution >= 4 is 6.08 Å². The fraction of sp³-hybridized carbons (Fsp3) is 0.375. The van der Waals surface area contributed by atoms with Crippen LogP contribution in [0.15, 0.2) is 17.7 Å². The summed E-state index contributed by atoms with van der Waals surface area (Å²) in [6.07, 6.45) is 4.55. The molecule has 0 aromatic heterocycles. The quantitative estimate of drug-likeness (QED) is 0.749. The van der Waals surface area contributed by atoms with Crippen LogP contribution in [0.5, 0.6) is 0 Å². The Morgan fingerprint density at radius 2 is 1.50 bits per heavy atom. The van der Waals surface area contributed by atoms with Crippen molar-refractivity contribution in [1.29, 1.82) is 10.5 Å². The second kappa shape index (κ2) is 6.62. The van der Waals surface area contributed by atoms with Crippen LogP contribution in [0.2, 0.25) is 0 Å². The molecule has 18 heavy (non-hydrogen) atoms. The van der Waals surface area contributed by atoms with E-state index in [0.717, 1.165) is 24.8 Å². The van der Waals surface area contributed by atoms with Crippen molar-refractivity contribution in [3.8, 4) is 12.1 Å². The third-order valence-electron chi connectivity index (χ3n) is 3.11. The van der Waals surface area contributed by atoms with Crippen LogP contribution in [0.25, 0.3) is 6.08 Å². The normalized spacial score (nSPS) is 9.39. The summed E-state index contributed by atoms with van der Waals surface area (Å²) in [5.74, 6) is 0. The lowest BCUT2D eigenvalue weighted by Gasteiger charge is -2.12. The number of hydrogen-bond donors (Lipinski definition) is 0. The Bertz CT molecular complexity index is 498. The Kier molecular flexibility index (Phi) is 5.15. The van der Waals surface area contributed by atoms with Crippen LogP contribution in [0.1, 0.15) is 43.0 Å². The highest BCUT2D eigenvalue weighted by molar-refractivity contribution is 5.67. The van der Waals surface area contributed by atoms with Gasteiger partial charge in [0.1, 0.15) is 17.7 Å². The fourth-order valence-electron chi connectivity index (χ4n) is 2.06. The topological polar surface area (TPSA) is 47.6 Å². The second-order valence-electron chi connectivity index (χ2n) is 4.17. The first-order valence-electron chi connectivity index (χ1n) is 6.36.